The molecule has 4 heteroatoms. The predicted molar refractivity (Wildman–Crippen MR) is 115 cm³/mol. The molecule has 5 rings (SSSR count). The minimum atomic E-state index is -0.0275. The average Bonchev–Trinajstić information content (AvgIpc) is 3.28. The Hall–Kier alpha value is -2.04. The third-order valence-electron chi connectivity index (χ3n) is 6.69. The van der Waals surface area contributed by atoms with Gasteiger partial charge in [0.1, 0.15) is 6.61 Å². The lowest BCUT2D eigenvalue weighted by molar-refractivity contribution is 0.0912. The summed E-state index contributed by atoms with van der Waals surface area (Å²) >= 11 is 0. The molecule has 0 unspecified atom stereocenters. The predicted octanol–water partition coefficient (Wildman–Crippen LogP) is 4.51. The van der Waals surface area contributed by atoms with Crippen molar-refractivity contribution in [1.82, 2.24) is 9.80 Å². The highest BCUT2D eigenvalue weighted by molar-refractivity contribution is 5.41. The van der Waals surface area contributed by atoms with E-state index in [0.717, 1.165) is 24.0 Å². The summed E-state index contributed by atoms with van der Waals surface area (Å²) in [6.45, 7) is 8.08. The van der Waals surface area contributed by atoms with Gasteiger partial charge in [0, 0.05) is 13.1 Å². The molecule has 154 valence electrons. The molecule has 3 aliphatic rings. The highest BCUT2D eigenvalue weighted by atomic mass is 16.6. The van der Waals surface area contributed by atoms with E-state index in [0.29, 0.717) is 6.61 Å². The molecular weight excluding hydrogens is 360 g/mol. The Labute approximate surface area is 174 Å². The maximum atomic E-state index is 6.13. The van der Waals surface area contributed by atoms with Crippen molar-refractivity contribution in [2.75, 3.05) is 39.3 Å². The van der Waals surface area contributed by atoms with Gasteiger partial charge in [-0.15, -0.1) is 0 Å². The Bertz CT molecular complexity index is 793. The van der Waals surface area contributed by atoms with Gasteiger partial charge in [-0.1, -0.05) is 36.4 Å². The smallest absolute Gasteiger partial charge is 0.162 e. The number of piperidine rings is 1. The fraction of sp³-hybridized carbons (Fsp3) is 0.520. The SMILES string of the molecule is c1ccc2c(c1)OC[C@H](c1ccc(CN3CCC(CN4CCCC4)CC3)cc1)O2. The molecule has 0 aromatic heterocycles. The van der Waals surface area contributed by atoms with Crippen LogP contribution in [0.2, 0.25) is 0 Å². The first-order chi connectivity index (χ1) is 14.3. The number of hydrogen-bond acceptors (Lipinski definition) is 4. The number of benzene rings is 2. The molecule has 0 radical (unpaired) electrons. The van der Waals surface area contributed by atoms with E-state index in [4.69, 9.17) is 9.47 Å². The van der Waals surface area contributed by atoms with Gasteiger partial charge in [0.25, 0.3) is 0 Å². The zero-order valence-corrected chi connectivity index (χ0v) is 17.3. The fourth-order valence-electron chi connectivity index (χ4n) is 4.94. The van der Waals surface area contributed by atoms with Gasteiger partial charge in [0.2, 0.25) is 0 Å². The maximum absolute atomic E-state index is 6.13. The van der Waals surface area contributed by atoms with Crippen LogP contribution >= 0.6 is 0 Å². The fourth-order valence-corrected chi connectivity index (χ4v) is 4.94. The van der Waals surface area contributed by atoms with E-state index in [1.165, 1.54) is 69.5 Å². The zero-order chi connectivity index (χ0) is 19.5. The molecular formula is C25H32N2O2. The first kappa shape index (κ1) is 19.0. The van der Waals surface area contributed by atoms with Gasteiger partial charge >= 0.3 is 0 Å². The van der Waals surface area contributed by atoms with Gasteiger partial charge in [-0.25, -0.2) is 0 Å². The Morgan fingerprint density at radius 3 is 2.28 bits per heavy atom. The second kappa shape index (κ2) is 8.76. The molecule has 0 N–H and O–H groups in total. The number of hydrogen-bond donors (Lipinski definition) is 0. The van der Waals surface area contributed by atoms with Gasteiger partial charge in [-0.3, -0.25) is 4.90 Å². The van der Waals surface area contributed by atoms with Crippen molar-refractivity contribution in [3.05, 3.63) is 59.7 Å². The van der Waals surface area contributed by atoms with Crippen LogP contribution in [0, 0.1) is 5.92 Å². The summed E-state index contributed by atoms with van der Waals surface area (Å²) in [4.78, 5) is 5.29. The van der Waals surface area contributed by atoms with Crippen LogP contribution in [0.4, 0.5) is 0 Å². The summed E-state index contributed by atoms with van der Waals surface area (Å²) in [5.74, 6) is 2.58. The lowest BCUT2D eigenvalue weighted by atomic mass is 9.96. The Morgan fingerprint density at radius 2 is 1.52 bits per heavy atom. The number of rotatable bonds is 5. The van der Waals surface area contributed by atoms with Crippen molar-refractivity contribution >= 4 is 0 Å². The average molecular weight is 393 g/mol. The standard InChI is InChI=1S/C25H32N2O2/c1-2-6-24-23(5-1)28-19-25(29-24)22-9-7-20(8-10-22)17-27-15-11-21(12-16-27)18-26-13-3-4-14-26/h1-2,5-10,21,25H,3-4,11-19H2/t25-/m1/s1. The van der Waals surface area contributed by atoms with Gasteiger partial charge in [-0.2, -0.15) is 0 Å². The minimum absolute atomic E-state index is 0.0275. The van der Waals surface area contributed by atoms with Crippen LogP contribution in [-0.2, 0) is 6.54 Å². The van der Waals surface area contributed by atoms with E-state index in [1.807, 2.05) is 24.3 Å². The third-order valence-corrected chi connectivity index (χ3v) is 6.69. The summed E-state index contributed by atoms with van der Waals surface area (Å²) in [7, 11) is 0. The maximum Gasteiger partial charge on any atom is 0.162 e. The van der Waals surface area contributed by atoms with Crippen molar-refractivity contribution < 1.29 is 9.47 Å². The summed E-state index contributed by atoms with van der Waals surface area (Å²) in [6, 6.07) is 16.8. The Kier molecular flexibility index (Phi) is 5.73. The first-order valence-corrected chi connectivity index (χ1v) is 11.3. The van der Waals surface area contributed by atoms with E-state index < -0.39 is 0 Å². The molecule has 1 atom stereocenters. The van der Waals surface area contributed by atoms with Gasteiger partial charge in [-0.05, 0) is 81.0 Å². The molecule has 3 aliphatic heterocycles. The summed E-state index contributed by atoms with van der Waals surface area (Å²) in [5, 5.41) is 0. The highest BCUT2D eigenvalue weighted by Gasteiger charge is 2.24. The molecule has 3 heterocycles. The quantitative estimate of drug-likeness (QED) is 0.748. The van der Waals surface area contributed by atoms with E-state index in [-0.39, 0.29) is 6.10 Å². The molecule has 0 amide bonds. The summed E-state index contributed by atoms with van der Waals surface area (Å²) in [5.41, 5.74) is 2.58. The van der Waals surface area contributed by atoms with Crippen molar-refractivity contribution in [2.24, 2.45) is 5.92 Å². The molecule has 2 aromatic rings. The van der Waals surface area contributed by atoms with Crippen molar-refractivity contribution in [3.63, 3.8) is 0 Å². The Morgan fingerprint density at radius 1 is 0.793 bits per heavy atom. The second-order valence-electron chi connectivity index (χ2n) is 8.83. The van der Waals surface area contributed by atoms with Gasteiger partial charge < -0.3 is 14.4 Å². The largest absolute Gasteiger partial charge is 0.485 e. The lowest BCUT2D eigenvalue weighted by Gasteiger charge is -2.34. The van der Waals surface area contributed by atoms with E-state index in [9.17, 15) is 0 Å². The second-order valence-corrected chi connectivity index (χ2v) is 8.83. The Balaban J connectivity index is 1.12. The number of nitrogens with zero attached hydrogens (tertiary/aromatic N) is 2. The normalized spacial score (nSPS) is 23.4. The van der Waals surface area contributed by atoms with Crippen molar-refractivity contribution in [2.45, 2.75) is 38.3 Å². The van der Waals surface area contributed by atoms with E-state index >= 15 is 0 Å². The highest BCUT2D eigenvalue weighted by Crippen LogP contribution is 2.35. The summed E-state index contributed by atoms with van der Waals surface area (Å²) in [6.07, 6.45) is 5.47. The number of ether oxygens (including phenoxy) is 2. The monoisotopic (exact) mass is 392 g/mol. The van der Waals surface area contributed by atoms with Crippen LogP contribution < -0.4 is 9.47 Å². The zero-order valence-electron chi connectivity index (χ0n) is 17.3. The van der Waals surface area contributed by atoms with Crippen molar-refractivity contribution in [1.29, 1.82) is 0 Å². The van der Waals surface area contributed by atoms with E-state index in [2.05, 4.69) is 34.1 Å². The van der Waals surface area contributed by atoms with Crippen LogP contribution in [0.25, 0.3) is 0 Å². The minimum Gasteiger partial charge on any atom is -0.485 e. The molecule has 29 heavy (non-hydrogen) atoms. The molecule has 0 bridgehead atoms. The lowest BCUT2D eigenvalue weighted by Crippen LogP contribution is -2.37. The number of likely N-dealkylation sites (tertiary alicyclic amines) is 2. The molecule has 2 fully saturated rings. The molecule has 2 saturated heterocycles. The molecule has 0 saturated carbocycles. The van der Waals surface area contributed by atoms with Crippen LogP contribution in [0.1, 0.15) is 42.9 Å². The van der Waals surface area contributed by atoms with Crippen LogP contribution in [0.5, 0.6) is 11.5 Å². The summed E-state index contributed by atoms with van der Waals surface area (Å²) < 4.78 is 12.0. The number of fused-ring (bicyclic) bond motifs is 1. The van der Waals surface area contributed by atoms with E-state index in [1.54, 1.807) is 0 Å². The van der Waals surface area contributed by atoms with Crippen molar-refractivity contribution in [3.8, 4) is 11.5 Å². The molecule has 4 nitrogen and oxygen atoms in total. The topological polar surface area (TPSA) is 24.9 Å². The van der Waals surface area contributed by atoms with Crippen LogP contribution in [0.15, 0.2) is 48.5 Å². The van der Waals surface area contributed by atoms with Crippen LogP contribution in [-0.4, -0.2) is 49.1 Å². The van der Waals surface area contributed by atoms with Crippen LogP contribution in [0.3, 0.4) is 0 Å². The first-order valence-electron chi connectivity index (χ1n) is 11.3. The number of para-hydroxylation sites is 2. The third kappa shape index (κ3) is 4.59. The molecule has 0 aliphatic carbocycles. The van der Waals surface area contributed by atoms with Gasteiger partial charge in [0.15, 0.2) is 17.6 Å². The molecule has 0 spiro atoms. The molecule has 2 aromatic carbocycles. The van der Waals surface area contributed by atoms with Gasteiger partial charge in [0.05, 0.1) is 0 Å².